The lowest BCUT2D eigenvalue weighted by atomic mass is 10.1. The number of piperidine rings is 1. The number of nitrogens with zero attached hydrogens (tertiary/aromatic N) is 1. The fourth-order valence-corrected chi connectivity index (χ4v) is 2.83. The van der Waals surface area contributed by atoms with Gasteiger partial charge >= 0.3 is 0 Å². The summed E-state index contributed by atoms with van der Waals surface area (Å²) in [6.07, 6.45) is 3.71. The van der Waals surface area contributed by atoms with Crippen molar-refractivity contribution in [3.63, 3.8) is 0 Å². The van der Waals surface area contributed by atoms with Gasteiger partial charge in [-0.15, -0.1) is 0 Å². The second kappa shape index (κ2) is 7.13. The molecule has 0 radical (unpaired) electrons. The van der Waals surface area contributed by atoms with E-state index in [1.165, 1.54) is 0 Å². The van der Waals surface area contributed by atoms with Crippen LogP contribution in [0.5, 0.6) is 0 Å². The highest BCUT2D eigenvalue weighted by Gasteiger charge is 2.21. The molecule has 1 aliphatic rings. The third-order valence-corrected chi connectivity index (χ3v) is 3.83. The van der Waals surface area contributed by atoms with Gasteiger partial charge in [0, 0.05) is 26.2 Å². The minimum absolute atomic E-state index is 0.332. The lowest BCUT2D eigenvalue weighted by Crippen LogP contribution is -2.40. The number of halogens is 1. The molecule has 3 nitrogen and oxygen atoms in total. The van der Waals surface area contributed by atoms with Gasteiger partial charge in [0.2, 0.25) is 0 Å². The minimum atomic E-state index is 0.332. The SMILES string of the molecule is CCCOC1CCCN(c2ccc(CN)cc2Cl)C1. The molecular formula is C15H23ClN2O. The van der Waals surface area contributed by atoms with Crippen LogP contribution in [0.2, 0.25) is 5.02 Å². The van der Waals surface area contributed by atoms with Gasteiger partial charge in [0.25, 0.3) is 0 Å². The summed E-state index contributed by atoms with van der Waals surface area (Å²) < 4.78 is 5.86. The van der Waals surface area contributed by atoms with Crippen LogP contribution >= 0.6 is 11.6 Å². The maximum absolute atomic E-state index is 6.36. The number of hydrogen-bond acceptors (Lipinski definition) is 3. The molecule has 1 aromatic carbocycles. The Kier molecular flexibility index (Phi) is 5.49. The Morgan fingerprint density at radius 1 is 1.47 bits per heavy atom. The Labute approximate surface area is 120 Å². The predicted molar refractivity (Wildman–Crippen MR) is 80.8 cm³/mol. The zero-order valence-electron chi connectivity index (χ0n) is 11.6. The van der Waals surface area contributed by atoms with E-state index in [0.29, 0.717) is 12.6 Å². The molecule has 1 unspecified atom stereocenters. The van der Waals surface area contributed by atoms with Gasteiger partial charge in [0.15, 0.2) is 0 Å². The molecule has 0 spiro atoms. The molecule has 19 heavy (non-hydrogen) atoms. The number of ether oxygens (including phenoxy) is 1. The summed E-state index contributed by atoms with van der Waals surface area (Å²) >= 11 is 6.36. The van der Waals surface area contributed by atoms with Gasteiger partial charge in [-0.05, 0) is 37.0 Å². The molecular weight excluding hydrogens is 260 g/mol. The molecule has 0 aliphatic carbocycles. The summed E-state index contributed by atoms with van der Waals surface area (Å²) in [6.45, 7) is 5.50. The van der Waals surface area contributed by atoms with Crippen LogP contribution in [-0.4, -0.2) is 25.8 Å². The topological polar surface area (TPSA) is 38.5 Å². The highest BCUT2D eigenvalue weighted by atomic mass is 35.5. The number of anilines is 1. The molecule has 2 rings (SSSR count). The fourth-order valence-electron chi connectivity index (χ4n) is 2.51. The van der Waals surface area contributed by atoms with E-state index in [1.807, 2.05) is 6.07 Å². The van der Waals surface area contributed by atoms with Crippen molar-refractivity contribution < 1.29 is 4.74 Å². The molecule has 0 bridgehead atoms. The van der Waals surface area contributed by atoms with E-state index in [9.17, 15) is 0 Å². The summed E-state index contributed by atoms with van der Waals surface area (Å²) in [4.78, 5) is 2.33. The molecule has 106 valence electrons. The number of benzene rings is 1. The van der Waals surface area contributed by atoms with Gasteiger partial charge in [-0.3, -0.25) is 0 Å². The molecule has 1 fully saturated rings. The van der Waals surface area contributed by atoms with Crippen LogP contribution in [0, 0.1) is 0 Å². The fraction of sp³-hybridized carbons (Fsp3) is 0.600. The number of hydrogen-bond donors (Lipinski definition) is 1. The van der Waals surface area contributed by atoms with Gasteiger partial charge in [-0.25, -0.2) is 0 Å². The van der Waals surface area contributed by atoms with Crippen LogP contribution in [0.1, 0.15) is 31.7 Å². The first-order valence-electron chi connectivity index (χ1n) is 7.09. The van der Waals surface area contributed by atoms with Crippen LogP contribution in [-0.2, 0) is 11.3 Å². The quantitative estimate of drug-likeness (QED) is 0.901. The van der Waals surface area contributed by atoms with Crippen LogP contribution in [0.4, 0.5) is 5.69 Å². The summed E-state index contributed by atoms with van der Waals surface area (Å²) in [5, 5.41) is 0.791. The van der Waals surface area contributed by atoms with Crippen LogP contribution < -0.4 is 10.6 Å². The van der Waals surface area contributed by atoms with Crippen molar-refractivity contribution in [2.75, 3.05) is 24.6 Å². The van der Waals surface area contributed by atoms with E-state index in [1.54, 1.807) is 0 Å². The van der Waals surface area contributed by atoms with Gasteiger partial charge in [0.1, 0.15) is 0 Å². The highest BCUT2D eigenvalue weighted by Crippen LogP contribution is 2.29. The molecule has 1 aromatic rings. The zero-order chi connectivity index (χ0) is 13.7. The van der Waals surface area contributed by atoms with Gasteiger partial charge in [-0.1, -0.05) is 24.6 Å². The van der Waals surface area contributed by atoms with Crippen molar-refractivity contribution >= 4 is 17.3 Å². The normalized spacial score (nSPS) is 19.7. The Bertz CT molecular complexity index is 411. The molecule has 1 atom stereocenters. The molecule has 1 saturated heterocycles. The van der Waals surface area contributed by atoms with E-state index in [2.05, 4.69) is 24.0 Å². The van der Waals surface area contributed by atoms with Crippen LogP contribution in [0.15, 0.2) is 18.2 Å². The third kappa shape index (κ3) is 3.85. The van der Waals surface area contributed by atoms with Crippen molar-refractivity contribution in [3.8, 4) is 0 Å². The summed E-state index contributed by atoms with van der Waals surface area (Å²) in [6, 6.07) is 6.10. The average molecular weight is 283 g/mol. The van der Waals surface area contributed by atoms with Crippen molar-refractivity contribution in [1.82, 2.24) is 0 Å². The van der Waals surface area contributed by atoms with Crippen LogP contribution in [0.25, 0.3) is 0 Å². The lowest BCUT2D eigenvalue weighted by Gasteiger charge is -2.34. The maximum atomic E-state index is 6.36. The largest absolute Gasteiger partial charge is 0.376 e. The van der Waals surface area contributed by atoms with E-state index in [4.69, 9.17) is 22.1 Å². The first kappa shape index (κ1) is 14.6. The van der Waals surface area contributed by atoms with Gasteiger partial charge in [0.05, 0.1) is 16.8 Å². The molecule has 0 saturated carbocycles. The van der Waals surface area contributed by atoms with Crippen molar-refractivity contribution in [2.24, 2.45) is 5.73 Å². The molecule has 4 heteroatoms. The smallest absolute Gasteiger partial charge is 0.0750 e. The second-order valence-electron chi connectivity index (χ2n) is 5.07. The van der Waals surface area contributed by atoms with Gasteiger partial charge < -0.3 is 15.4 Å². The Hall–Kier alpha value is -0.770. The highest BCUT2D eigenvalue weighted by molar-refractivity contribution is 6.33. The van der Waals surface area contributed by atoms with E-state index in [-0.39, 0.29) is 0 Å². The molecule has 1 heterocycles. The number of nitrogens with two attached hydrogens (primary N) is 1. The van der Waals surface area contributed by atoms with Gasteiger partial charge in [-0.2, -0.15) is 0 Å². The first-order valence-corrected chi connectivity index (χ1v) is 7.47. The first-order chi connectivity index (χ1) is 9.24. The molecule has 0 aromatic heterocycles. The zero-order valence-corrected chi connectivity index (χ0v) is 12.3. The molecule has 2 N–H and O–H groups in total. The number of rotatable bonds is 5. The summed E-state index contributed by atoms with van der Waals surface area (Å²) in [5.41, 5.74) is 7.81. The minimum Gasteiger partial charge on any atom is -0.376 e. The van der Waals surface area contributed by atoms with Crippen molar-refractivity contribution in [1.29, 1.82) is 0 Å². The summed E-state index contributed by atoms with van der Waals surface area (Å²) in [7, 11) is 0. The Morgan fingerprint density at radius 2 is 2.32 bits per heavy atom. The monoisotopic (exact) mass is 282 g/mol. The molecule has 1 aliphatic heterocycles. The van der Waals surface area contributed by atoms with E-state index < -0.39 is 0 Å². The lowest BCUT2D eigenvalue weighted by molar-refractivity contribution is 0.0440. The second-order valence-corrected chi connectivity index (χ2v) is 5.48. The van der Waals surface area contributed by atoms with Crippen molar-refractivity contribution in [3.05, 3.63) is 28.8 Å². The van der Waals surface area contributed by atoms with E-state index in [0.717, 1.165) is 55.2 Å². The average Bonchev–Trinajstić information content (AvgIpc) is 2.45. The van der Waals surface area contributed by atoms with Crippen molar-refractivity contribution in [2.45, 2.75) is 38.8 Å². The standard InChI is InChI=1S/C15H23ClN2O/c1-2-8-19-13-4-3-7-18(11-13)15-6-5-12(10-17)9-14(15)16/h5-6,9,13H,2-4,7-8,10-11,17H2,1H3. The predicted octanol–water partition coefficient (Wildman–Crippen LogP) is 3.19. The van der Waals surface area contributed by atoms with Crippen LogP contribution in [0.3, 0.4) is 0 Å². The molecule has 0 amide bonds. The summed E-state index contributed by atoms with van der Waals surface area (Å²) in [5.74, 6) is 0. The Balaban J connectivity index is 2.04. The maximum Gasteiger partial charge on any atom is 0.0750 e. The third-order valence-electron chi connectivity index (χ3n) is 3.52. The Morgan fingerprint density at radius 3 is 3.00 bits per heavy atom. The van der Waals surface area contributed by atoms with E-state index >= 15 is 0 Å².